The lowest BCUT2D eigenvalue weighted by atomic mass is 9.85. The summed E-state index contributed by atoms with van der Waals surface area (Å²) in [5.41, 5.74) is 1.36. The molecule has 1 rings (SSSR count). The molecule has 0 amide bonds. The highest BCUT2D eigenvalue weighted by molar-refractivity contribution is 6.17. The van der Waals surface area contributed by atoms with E-state index < -0.39 is 0 Å². The Bertz CT molecular complexity index is 415. The van der Waals surface area contributed by atoms with Crippen LogP contribution in [-0.2, 0) is 6.54 Å². The van der Waals surface area contributed by atoms with Crippen molar-refractivity contribution in [3.05, 3.63) is 23.8 Å². The molecule has 0 fully saturated rings. The van der Waals surface area contributed by atoms with Gasteiger partial charge in [0.1, 0.15) is 0 Å². The minimum Gasteiger partial charge on any atom is -0.493 e. The van der Waals surface area contributed by atoms with Gasteiger partial charge in [0.15, 0.2) is 11.5 Å². The SMILES string of the molecule is COc1ccc(CNC(CCCl)C(C)(C)C)cc1OC. The molecule has 0 radical (unpaired) electrons. The second-order valence-corrected chi connectivity index (χ2v) is 6.34. The van der Waals surface area contributed by atoms with Gasteiger partial charge in [0.25, 0.3) is 0 Å². The van der Waals surface area contributed by atoms with Gasteiger partial charge < -0.3 is 14.8 Å². The van der Waals surface area contributed by atoms with Crippen LogP contribution in [0.15, 0.2) is 18.2 Å². The fourth-order valence-electron chi connectivity index (χ4n) is 2.18. The molecule has 114 valence electrons. The van der Waals surface area contributed by atoms with Gasteiger partial charge >= 0.3 is 0 Å². The molecule has 0 heterocycles. The molecule has 0 aliphatic carbocycles. The van der Waals surface area contributed by atoms with Crippen LogP contribution in [0.3, 0.4) is 0 Å². The first kappa shape index (κ1) is 17.1. The zero-order chi connectivity index (χ0) is 15.2. The quantitative estimate of drug-likeness (QED) is 0.776. The van der Waals surface area contributed by atoms with Crippen LogP contribution in [0.2, 0.25) is 0 Å². The van der Waals surface area contributed by atoms with Gasteiger partial charge in [-0.2, -0.15) is 0 Å². The van der Waals surface area contributed by atoms with Crippen LogP contribution in [0.5, 0.6) is 11.5 Å². The van der Waals surface area contributed by atoms with Crippen molar-refractivity contribution < 1.29 is 9.47 Å². The molecule has 0 spiro atoms. The average Bonchev–Trinajstić information content (AvgIpc) is 2.41. The van der Waals surface area contributed by atoms with Crippen LogP contribution >= 0.6 is 11.6 Å². The monoisotopic (exact) mass is 299 g/mol. The zero-order valence-corrected chi connectivity index (χ0v) is 13.9. The Morgan fingerprint density at radius 1 is 1.15 bits per heavy atom. The molecule has 0 bridgehead atoms. The van der Waals surface area contributed by atoms with Gasteiger partial charge in [0.2, 0.25) is 0 Å². The van der Waals surface area contributed by atoms with Crippen molar-refractivity contribution in [3.8, 4) is 11.5 Å². The average molecular weight is 300 g/mol. The maximum Gasteiger partial charge on any atom is 0.161 e. The molecule has 3 nitrogen and oxygen atoms in total. The van der Waals surface area contributed by atoms with Crippen molar-refractivity contribution in [2.45, 2.75) is 39.8 Å². The fraction of sp³-hybridized carbons (Fsp3) is 0.625. The summed E-state index contributed by atoms with van der Waals surface area (Å²) in [6.45, 7) is 7.47. The van der Waals surface area contributed by atoms with Gasteiger partial charge in [-0.25, -0.2) is 0 Å². The number of benzene rings is 1. The van der Waals surface area contributed by atoms with Gasteiger partial charge in [-0.3, -0.25) is 0 Å². The molecule has 1 N–H and O–H groups in total. The van der Waals surface area contributed by atoms with Crippen LogP contribution in [0.25, 0.3) is 0 Å². The van der Waals surface area contributed by atoms with Crippen LogP contribution < -0.4 is 14.8 Å². The van der Waals surface area contributed by atoms with E-state index in [0.29, 0.717) is 11.9 Å². The van der Waals surface area contributed by atoms with E-state index in [0.717, 1.165) is 24.5 Å². The standard InChI is InChI=1S/C16H26ClNO2/c1-16(2,3)15(8-9-17)18-11-12-6-7-13(19-4)14(10-12)20-5/h6-7,10,15,18H,8-9,11H2,1-5H3. The largest absolute Gasteiger partial charge is 0.493 e. The summed E-state index contributed by atoms with van der Waals surface area (Å²) in [6, 6.07) is 6.37. The Balaban J connectivity index is 2.73. The maximum absolute atomic E-state index is 5.89. The van der Waals surface area contributed by atoms with E-state index in [1.807, 2.05) is 12.1 Å². The van der Waals surface area contributed by atoms with Crippen molar-refractivity contribution in [3.63, 3.8) is 0 Å². The van der Waals surface area contributed by atoms with E-state index in [-0.39, 0.29) is 5.41 Å². The lowest BCUT2D eigenvalue weighted by Crippen LogP contribution is -2.40. The topological polar surface area (TPSA) is 30.5 Å². The smallest absolute Gasteiger partial charge is 0.161 e. The van der Waals surface area contributed by atoms with Gasteiger partial charge in [0.05, 0.1) is 14.2 Å². The minimum atomic E-state index is 0.186. The third-order valence-corrected chi connectivity index (χ3v) is 3.66. The van der Waals surface area contributed by atoms with Crippen molar-refractivity contribution in [2.75, 3.05) is 20.1 Å². The van der Waals surface area contributed by atoms with Crippen LogP contribution in [-0.4, -0.2) is 26.1 Å². The summed E-state index contributed by atoms with van der Waals surface area (Å²) < 4.78 is 10.6. The number of methoxy groups -OCH3 is 2. The molecule has 0 aromatic heterocycles. The Hall–Kier alpha value is -0.930. The number of halogens is 1. The van der Waals surface area contributed by atoms with E-state index in [9.17, 15) is 0 Å². The Kier molecular flexibility index (Phi) is 6.63. The predicted molar refractivity (Wildman–Crippen MR) is 85.0 cm³/mol. The molecule has 0 saturated carbocycles. The van der Waals surface area contributed by atoms with Crippen LogP contribution in [0.4, 0.5) is 0 Å². The summed E-state index contributed by atoms with van der Waals surface area (Å²) in [7, 11) is 3.30. The number of hydrogen-bond acceptors (Lipinski definition) is 3. The van der Waals surface area contributed by atoms with Gasteiger partial charge in [-0.05, 0) is 29.5 Å². The van der Waals surface area contributed by atoms with Crippen LogP contribution in [0, 0.1) is 5.41 Å². The first-order chi connectivity index (χ1) is 9.42. The molecule has 4 heteroatoms. The Morgan fingerprint density at radius 2 is 1.80 bits per heavy atom. The Labute approximate surface area is 127 Å². The molecular weight excluding hydrogens is 274 g/mol. The predicted octanol–water partition coefficient (Wildman–Crippen LogP) is 3.84. The van der Waals surface area contributed by atoms with Gasteiger partial charge in [-0.1, -0.05) is 26.8 Å². The normalized spacial score (nSPS) is 13.1. The first-order valence-electron chi connectivity index (χ1n) is 6.92. The van der Waals surface area contributed by atoms with E-state index in [1.54, 1.807) is 14.2 Å². The van der Waals surface area contributed by atoms with Crippen molar-refractivity contribution in [1.29, 1.82) is 0 Å². The molecule has 1 unspecified atom stereocenters. The summed E-state index contributed by atoms with van der Waals surface area (Å²) in [6.07, 6.45) is 0.957. The van der Waals surface area contributed by atoms with Gasteiger partial charge in [0, 0.05) is 18.5 Å². The summed E-state index contributed by atoms with van der Waals surface area (Å²) in [4.78, 5) is 0. The second kappa shape index (κ2) is 7.75. The van der Waals surface area contributed by atoms with Gasteiger partial charge in [-0.15, -0.1) is 11.6 Å². The zero-order valence-electron chi connectivity index (χ0n) is 13.1. The first-order valence-corrected chi connectivity index (χ1v) is 7.46. The number of ether oxygens (including phenoxy) is 2. The molecule has 0 aliphatic heterocycles. The molecule has 0 aliphatic rings. The highest BCUT2D eigenvalue weighted by Gasteiger charge is 2.23. The number of hydrogen-bond donors (Lipinski definition) is 1. The molecule has 20 heavy (non-hydrogen) atoms. The van der Waals surface area contributed by atoms with Crippen molar-refractivity contribution >= 4 is 11.6 Å². The van der Waals surface area contributed by atoms with E-state index in [1.165, 1.54) is 5.56 Å². The second-order valence-electron chi connectivity index (χ2n) is 5.97. The molecule has 1 atom stereocenters. The maximum atomic E-state index is 5.89. The third-order valence-electron chi connectivity index (χ3n) is 3.44. The minimum absolute atomic E-state index is 0.186. The van der Waals surface area contributed by atoms with Crippen LogP contribution in [0.1, 0.15) is 32.8 Å². The van der Waals surface area contributed by atoms with E-state index in [4.69, 9.17) is 21.1 Å². The highest BCUT2D eigenvalue weighted by atomic mass is 35.5. The third kappa shape index (κ3) is 4.88. The van der Waals surface area contributed by atoms with Crippen molar-refractivity contribution in [1.82, 2.24) is 5.32 Å². The number of nitrogens with one attached hydrogen (secondary N) is 1. The highest BCUT2D eigenvalue weighted by Crippen LogP contribution is 2.28. The van der Waals surface area contributed by atoms with E-state index in [2.05, 4.69) is 32.2 Å². The fourth-order valence-corrected chi connectivity index (χ4v) is 2.40. The number of alkyl halides is 1. The summed E-state index contributed by atoms with van der Waals surface area (Å²) in [5, 5.41) is 3.58. The molecular formula is C16H26ClNO2. The van der Waals surface area contributed by atoms with Crippen molar-refractivity contribution in [2.24, 2.45) is 5.41 Å². The summed E-state index contributed by atoms with van der Waals surface area (Å²) >= 11 is 5.89. The molecule has 0 saturated heterocycles. The lowest BCUT2D eigenvalue weighted by molar-refractivity contribution is 0.260. The molecule has 1 aromatic carbocycles. The molecule has 1 aromatic rings. The van der Waals surface area contributed by atoms with E-state index >= 15 is 0 Å². The number of rotatable bonds is 7. The Morgan fingerprint density at radius 3 is 2.30 bits per heavy atom. The lowest BCUT2D eigenvalue weighted by Gasteiger charge is -2.31. The summed E-state index contributed by atoms with van der Waals surface area (Å²) in [5.74, 6) is 2.18.